The highest BCUT2D eigenvalue weighted by Crippen LogP contribution is 2.40. The Morgan fingerprint density at radius 1 is 1.18 bits per heavy atom. The summed E-state index contributed by atoms with van der Waals surface area (Å²) in [5.41, 5.74) is 4.32. The third-order valence-corrected chi connectivity index (χ3v) is 5.69. The zero-order valence-corrected chi connectivity index (χ0v) is 18.6. The van der Waals surface area contributed by atoms with E-state index in [-0.39, 0.29) is 39.7 Å². The molecule has 0 bridgehead atoms. The molecule has 0 unspecified atom stereocenters. The predicted octanol–water partition coefficient (Wildman–Crippen LogP) is 3.33. The lowest BCUT2D eigenvalue weighted by Gasteiger charge is -2.18. The first-order valence-electron chi connectivity index (χ1n) is 9.77. The van der Waals surface area contributed by atoms with E-state index in [4.69, 9.17) is 10.8 Å². The standard InChI is InChI=1S/C22H22F2N4O4S/c1-22(2,32)11-6-14(23)19(15(24)7-11)16-8-13(20(25)31)21(33-16)28-17-5-3-4-12(27-17)9-26-10-18(29)30/h3-8,26,32H,9-10H2,1-2H3,(H2,25,31)(H,27,28)(H,29,30). The number of pyridine rings is 1. The van der Waals surface area contributed by atoms with E-state index in [1.165, 1.54) is 19.9 Å². The molecule has 0 fully saturated rings. The van der Waals surface area contributed by atoms with Crippen LogP contribution in [-0.2, 0) is 16.9 Å². The highest BCUT2D eigenvalue weighted by molar-refractivity contribution is 7.20. The van der Waals surface area contributed by atoms with Crippen LogP contribution in [0, 0.1) is 11.6 Å². The summed E-state index contributed by atoms with van der Waals surface area (Å²) in [6.45, 7) is 2.79. The first kappa shape index (κ1) is 24.2. The Morgan fingerprint density at radius 3 is 2.42 bits per heavy atom. The van der Waals surface area contributed by atoms with Crippen LogP contribution in [0.5, 0.6) is 0 Å². The molecule has 2 aromatic heterocycles. The van der Waals surface area contributed by atoms with Crippen LogP contribution in [0.15, 0.2) is 36.4 Å². The zero-order chi connectivity index (χ0) is 24.3. The van der Waals surface area contributed by atoms with Crippen molar-refractivity contribution < 1.29 is 28.6 Å². The maximum Gasteiger partial charge on any atom is 0.317 e. The Labute approximate surface area is 192 Å². The van der Waals surface area contributed by atoms with E-state index in [1.807, 2.05) is 0 Å². The summed E-state index contributed by atoms with van der Waals surface area (Å²) in [7, 11) is 0. The molecule has 1 aromatic carbocycles. The monoisotopic (exact) mass is 476 g/mol. The number of aliphatic carboxylic acids is 1. The average Bonchev–Trinajstić information content (AvgIpc) is 3.10. The quantitative estimate of drug-likeness (QED) is 0.319. The molecule has 0 aliphatic carbocycles. The number of rotatable bonds is 9. The predicted molar refractivity (Wildman–Crippen MR) is 120 cm³/mol. The van der Waals surface area contributed by atoms with Gasteiger partial charge >= 0.3 is 5.97 Å². The molecule has 0 aliphatic heterocycles. The topological polar surface area (TPSA) is 138 Å². The summed E-state index contributed by atoms with van der Waals surface area (Å²) in [6, 6.07) is 8.36. The number of aromatic nitrogens is 1. The van der Waals surface area contributed by atoms with Gasteiger partial charge in [-0.2, -0.15) is 0 Å². The summed E-state index contributed by atoms with van der Waals surface area (Å²) >= 11 is 0.917. The smallest absolute Gasteiger partial charge is 0.317 e. The number of nitrogens with zero attached hydrogens (tertiary/aromatic N) is 1. The van der Waals surface area contributed by atoms with Crippen molar-refractivity contribution in [2.24, 2.45) is 5.73 Å². The van der Waals surface area contributed by atoms with Gasteiger partial charge in [0.25, 0.3) is 5.91 Å². The number of nitrogens with one attached hydrogen (secondary N) is 2. The van der Waals surface area contributed by atoms with Crippen molar-refractivity contribution in [3.8, 4) is 10.4 Å². The number of nitrogens with two attached hydrogens (primary N) is 1. The Bertz CT molecular complexity index is 1180. The van der Waals surface area contributed by atoms with Gasteiger partial charge in [0, 0.05) is 11.4 Å². The maximum atomic E-state index is 14.8. The highest BCUT2D eigenvalue weighted by Gasteiger charge is 2.24. The first-order chi connectivity index (χ1) is 15.5. The average molecular weight is 477 g/mol. The fourth-order valence-corrected chi connectivity index (χ4v) is 4.13. The molecule has 11 heteroatoms. The largest absolute Gasteiger partial charge is 0.480 e. The molecule has 174 valence electrons. The first-order valence-corrected chi connectivity index (χ1v) is 10.6. The zero-order valence-electron chi connectivity index (χ0n) is 17.8. The third-order valence-electron chi connectivity index (χ3n) is 4.62. The molecule has 33 heavy (non-hydrogen) atoms. The lowest BCUT2D eigenvalue weighted by molar-refractivity contribution is -0.136. The van der Waals surface area contributed by atoms with Crippen LogP contribution in [0.4, 0.5) is 19.6 Å². The molecule has 0 saturated heterocycles. The van der Waals surface area contributed by atoms with Crippen molar-refractivity contribution in [2.45, 2.75) is 26.0 Å². The summed E-state index contributed by atoms with van der Waals surface area (Å²) in [5, 5.41) is 24.6. The number of hydrogen-bond donors (Lipinski definition) is 5. The van der Waals surface area contributed by atoms with Crippen molar-refractivity contribution >= 4 is 34.0 Å². The molecule has 6 N–H and O–H groups in total. The summed E-state index contributed by atoms with van der Waals surface area (Å²) in [4.78, 5) is 27.1. The van der Waals surface area contributed by atoms with E-state index < -0.39 is 29.1 Å². The Hall–Kier alpha value is -3.41. The van der Waals surface area contributed by atoms with Gasteiger partial charge in [-0.25, -0.2) is 13.8 Å². The minimum atomic E-state index is -1.43. The van der Waals surface area contributed by atoms with Gasteiger partial charge < -0.3 is 26.6 Å². The number of carboxylic acid groups (broad SMARTS) is 1. The lowest BCUT2D eigenvalue weighted by atomic mass is 9.96. The van der Waals surface area contributed by atoms with Crippen LogP contribution < -0.4 is 16.4 Å². The van der Waals surface area contributed by atoms with E-state index in [1.54, 1.807) is 18.2 Å². The maximum absolute atomic E-state index is 14.8. The number of thiophene rings is 1. The number of carboxylic acids is 1. The molecule has 8 nitrogen and oxygen atoms in total. The lowest BCUT2D eigenvalue weighted by Crippen LogP contribution is -2.22. The molecule has 1 amide bonds. The minimum absolute atomic E-state index is 0.0246. The van der Waals surface area contributed by atoms with E-state index >= 15 is 0 Å². The summed E-state index contributed by atoms with van der Waals surface area (Å²) in [6.07, 6.45) is 0. The van der Waals surface area contributed by atoms with Crippen molar-refractivity contribution in [3.05, 3.63) is 64.9 Å². The number of carbonyl (C=O) groups is 2. The van der Waals surface area contributed by atoms with E-state index in [0.717, 1.165) is 23.5 Å². The molecule has 0 spiro atoms. The molecule has 3 rings (SSSR count). The van der Waals surface area contributed by atoms with Crippen LogP contribution in [-0.4, -0.2) is 33.6 Å². The van der Waals surface area contributed by atoms with Gasteiger partial charge in [-0.15, -0.1) is 11.3 Å². The number of amides is 1. The number of aliphatic hydroxyl groups is 1. The van der Waals surface area contributed by atoms with E-state index in [0.29, 0.717) is 11.5 Å². The fourth-order valence-electron chi connectivity index (χ4n) is 3.01. The summed E-state index contributed by atoms with van der Waals surface area (Å²) < 4.78 is 29.6. The normalized spacial score (nSPS) is 11.4. The van der Waals surface area contributed by atoms with Gasteiger partial charge in [-0.1, -0.05) is 6.07 Å². The number of hydrogen-bond acceptors (Lipinski definition) is 7. The molecule has 0 aliphatic rings. The SMILES string of the molecule is CC(C)(O)c1cc(F)c(-c2cc(C(N)=O)c(Nc3cccc(CNCC(=O)O)n3)s2)c(F)c1. The van der Waals surface area contributed by atoms with Gasteiger partial charge in [0.05, 0.1) is 29.0 Å². The Balaban J connectivity index is 1.93. The minimum Gasteiger partial charge on any atom is -0.480 e. The second-order valence-electron chi connectivity index (χ2n) is 7.73. The molecule has 3 aromatic rings. The van der Waals surface area contributed by atoms with Crippen LogP contribution in [0.1, 0.15) is 35.5 Å². The highest BCUT2D eigenvalue weighted by atomic mass is 32.1. The Kier molecular flexibility index (Phi) is 7.06. The molecular weight excluding hydrogens is 454 g/mol. The van der Waals surface area contributed by atoms with Crippen molar-refractivity contribution in [1.29, 1.82) is 0 Å². The molecule has 2 heterocycles. The van der Waals surface area contributed by atoms with Gasteiger partial charge in [-0.3, -0.25) is 9.59 Å². The number of anilines is 2. The summed E-state index contributed by atoms with van der Waals surface area (Å²) in [5.74, 6) is -3.25. The van der Waals surface area contributed by atoms with Crippen LogP contribution in [0.2, 0.25) is 0 Å². The number of carbonyl (C=O) groups excluding carboxylic acids is 1. The Morgan fingerprint density at radius 2 is 1.85 bits per heavy atom. The second-order valence-corrected chi connectivity index (χ2v) is 8.78. The van der Waals surface area contributed by atoms with Gasteiger partial charge in [0.15, 0.2) is 0 Å². The van der Waals surface area contributed by atoms with E-state index in [9.17, 15) is 23.5 Å². The third kappa shape index (κ3) is 5.89. The van der Waals surface area contributed by atoms with Gasteiger partial charge in [-0.05, 0) is 49.7 Å². The molecule has 0 saturated carbocycles. The number of benzene rings is 1. The number of halogens is 2. The van der Waals surface area contributed by atoms with Gasteiger partial charge in [0.2, 0.25) is 0 Å². The number of primary amides is 1. The van der Waals surface area contributed by atoms with Crippen molar-refractivity contribution in [3.63, 3.8) is 0 Å². The molecular formula is C22H22F2N4O4S. The van der Waals surface area contributed by atoms with Crippen LogP contribution in [0.3, 0.4) is 0 Å². The van der Waals surface area contributed by atoms with Crippen molar-refractivity contribution in [2.75, 3.05) is 11.9 Å². The van der Waals surface area contributed by atoms with Crippen LogP contribution in [0.25, 0.3) is 10.4 Å². The van der Waals surface area contributed by atoms with Crippen LogP contribution >= 0.6 is 11.3 Å². The molecule has 0 radical (unpaired) electrons. The van der Waals surface area contributed by atoms with Crippen molar-refractivity contribution in [1.82, 2.24) is 10.3 Å². The fraction of sp³-hybridized carbons (Fsp3) is 0.227. The van der Waals surface area contributed by atoms with E-state index in [2.05, 4.69) is 15.6 Å². The second kappa shape index (κ2) is 9.61. The van der Waals surface area contributed by atoms with Gasteiger partial charge in [0.1, 0.15) is 22.5 Å². The molecule has 0 atom stereocenters.